The molecule has 4 atom stereocenters. The third kappa shape index (κ3) is 9.76. The zero-order valence-electron chi connectivity index (χ0n) is 28.5. The summed E-state index contributed by atoms with van der Waals surface area (Å²) in [5.41, 5.74) is 1.64. The summed E-state index contributed by atoms with van der Waals surface area (Å²) < 4.78 is 19.4. The van der Waals surface area contributed by atoms with E-state index in [-0.39, 0.29) is 41.9 Å². The first-order chi connectivity index (χ1) is 22.4. The second-order valence-corrected chi connectivity index (χ2v) is 14.6. The van der Waals surface area contributed by atoms with Crippen LogP contribution in [0.2, 0.25) is 0 Å². The summed E-state index contributed by atoms with van der Waals surface area (Å²) >= 11 is 0. The number of carbonyl (C=O) groups is 3. The molecule has 9 nitrogen and oxygen atoms in total. The zero-order chi connectivity index (χ0) is 33.6. The molecule has 3 aliphatic rings. The average Bonchev–Trinajstić information content (AvgIpc) is 3.03. The van der Waals surface area contributed by atoms with E-state index in [0.29, 0.717) is 36.7 Å². The van der Waals surface area contributed by atoms with Crippen LogP contribution in [0.25, 0.3) is 0 Å². The molecule has 0 bridgehead atoms. The number of amides is 3. The topological polar surface area (TPSA) is 94.2 Å². The molecular weight excluding hydrogens is 597 g/mol. The van der Waals surface area contributed by atoms with Crippen LogP contribution in [0.1, 0.15) is 82.1 Å². The predicted molar refractivity (Wildman–Crippen MR) is 182 cm³/mol. The minimum absolute atomic E-state index is 0.0305. The number of benzene rings is 2. The first-order valence-electron chi connectivity index (χ1n) is 17.3. The van der Waals surface area contributed by atoms with E-state index in [0.717, 1.165) is 63.8 Å². The number of halogens is 1. The van der Waals surface area contributed by atoms with E-state index < -0.39 is 5.60 Å². The van der Waals surface area contributed by atoms with E-state index >= 15 is 0 Å². The van der Waals surface area contributed by atoms with Gasteiger partial charge in [-0.05, 0) is 122 Å². The Labute approximate surface area is 279 Å². The molecule has 2 N–H and O–H groups in total. The number of rotatable bonds is 8. The van der Waals surface area contributed by atoms with Crippen LogP contribution in [-0.2, 0) is 11.2 Å². The van der Waals surface area contributed by atoms with Crippen molar-refractivity contribution in [2.75, 3.05) is 44.6 Å². The van der Waals surface area contributed by atoms with Gasteiger partial charge in [-0.2, -0.15) is 0 Å². The SMILES string of the molecule is CC(=O)c1cccc(NC(=O)N[C@@H]2CCN(C(=O)OC(C)(C)C)C[C@H]2C(N2CCCCC2)N2CCC[C@@H](Cc3ccc(F)cc3)C2)c1. The lowest BCUT2D eigenvalue weighted by molar-refractivity contribution is -0.0610. The number of urea groups is 1. The maximum Gasteiger partial charge on any atom is 0.410 e. The number of Topliss-reactive ketones (excluding diaryl/α,β-unsaturated/α-hetero) is 1. The highest BCUT2D eigenvalue weighted by Gasteiger charge is 2.44. The van der Waals surface area contributed by atoms with Gasteiger partial charge >= 0.3 is 12.1 Å². The van der Waals surface area contributed by atoms with Crippen LogP contribution in [0, 0.1) is 17.7 Å². The molecule has 10 heteroatoms. The predicted octanol–water partition coefficient (Wildman–Crippen LogP) is 6.54. The highest BCUT2D eigenvalue weighted by molar-refractivity contribution is 5.96. The number of anilines is 1. The van der Waals surface area contributed by atoms with Gasteiger partial charge in [0.05, 0.1) is 6.17 Å². The fourth-order valence-corrected chi connectivity index (χ4v) is 7.52. The molecule has 3 aliphatic heterocycles. The van der Waals surface area contributed by atoms with Crippen molar-refractivity contribution >= 4 is 23.6 Å². The Kier molecular flexibility index (Phi) is 11.6. The number of piperidine rings is 3. The lowest BCUT2D eigenvalue weighted by atomic mass is 9.84. The first-order valence-corrected chi connectivity index (χ1v) is 17.3. The minimum Gasteiger partial charge on any atom is -0.444 e. The van der Waals surface area contributed by atoms with E-state index in [1.54, 1.807) is 24.3 Å². The molecule has 3 amide bonds. The molecule has 3 heterocycles. The monoisotopic (exact) mass is 649 g/mol. The molecule has 0 aliphatic carbocycles. The normalized spacial score (nSPS) is 23.5. The summed E-state index contributed by atoms with van der Waals surface area (Å²) in [7, 11) is 0. The molecule has 0 aromatic heterocycles. The van der Waals surface area contributed by atoms with Crippen LogP contribution in [0.3, 0.4) is 0 Å². The van der Waals surface area contributed by atoms with Gasteiger partial charge < -0.3 is 20.3 Å². The van der Waals surface area contributed by atoms with Gasteiger partial charge in [0.25, 0.3) is 0 Å². The number of likely N-dealkylation sites (tertiary alicyclic amines) is 3. The van der Waals surface area contributed by atoms with E-state index in [2.05, 4.69) is 20.4 Å². The number of carbonyl (C=O) groups excluding carboxylic acids is 3. The van der Waals surface area contributed by atoms with Gasteiger partial charge in [-0.3, -0.25) is 14.6 Å². The summed E-state index contributed by atoms with van der Waals surface area (Å²) in [4.78, 5) is 45.8. The third-order valence-electron chi connectivity index (χ3n) is 9.66. The number of nitrogens with zero attached hydrogens (tertiary/aromatic N) is 3. The maximum atomic E-state index is 13.6. The summed E-state index contributed by atoms with van der Waals surface area (Å²) in [5.74, 6) is 0.0842. The lowest BCUT2D eigenvalue weighted by Crippen LogP contribution is -2.65. The Hall–Kier alpha value is -3.50. The Morgan fingerprint density at radius 1 is 0.915 bits per heavy atom. The van der Waals surface area contributed by atoms with Gasteiger partial charge in [0.1, 0.15) is 11.4 Å². The van der Waals surface area contributed by atoms with E-state index in [1.807, 2.05) is 37.8 Å². The molecule has 2 aromatic carbocycles. The van der Waals surface area contributed by atoms with Crippen molar-refractivity contribution in [3.05, 3.63) is 65.5 Å². The molecule has 256 valence electrons. The van der Waals surface area contributed by atoms with Gasteiger partial charge in [0.2, 0.25) is 0 Å². The van der Waals surface area contributed by atoms with Crippen molar-refractivity contribution in [1.82, 2.24) is 20.0 Å². The van der Waals surface area contributed by atoms with Crippen LogP contribution in [0.4, 0.5) is 19.7 Å². The second kappa shape index (κ2) is 15.6. The Balaban J connectivity index is 1.40. The molecule has 3 fully saturated rings. The van der Waals surface area contributed by atoms with Crippen molar-refractivity contribution in [2.24, 2.45) is 11.8 Å². The summed E-state index contributed by atoms with van der Waals surface area (Å²) in [6.07, 6.45) is 6.81. The van der Waals surface area contributed by atoms with Crippen LogP contribution < -0.4 is 10.6 Å². The van der Waals surface area contributed by atoms with Gasteiger partial charge in [-0.25, -0.2) is 14.0 Å². The maximum absolute atomic E-state index is 13.6. The minimum atomic E-state index is -0.608. The Bertz CT molecular complexity index is 1370. The number of ketones is 1. The number of nitrogens with one attached hydrogen (secondary N) is 2. The summed E-state index contributed by atoms with van der Waals surface area (Å²) in [5, 5.41) is 6.23. The van der Waals surface area contributed by atoms with E-state index in [1.165, 1.54) is 25.5 Å². The van der Waals surface area contributed by atoms with Gasteiger partial charge in [0.15, 0.2) is 5.78 Å². The van der Waals surface area contributed by atoms with Crippen LogP contribution >= 0.6 is 0 Å². The van der Waals surface area contributed by atoms with Crippen LogP contribution in [0.15, 0.2) is 48.5 Å². The van der Waals surface area contributed by atoms with Crippen LogP contribution in [0.5, 0.6) is 0 Å². The number of hydrogen-bond acceptors (Lipinski definition) is 6. The average molecular weight is 650 g/mol. The van der Waals surface area contributed by atoms with Gasteiger partial charge in [-0.1, -0.05) is 30.7 Å². The summed E-state index contributed by atoms with van der Waals surface area (Å²) in [6, 6.07) is 13.3. The lowest BCUT2D eigenvalue weighted by Gasteiger charge is -2.52. The molecule has 47 heavy (non-hydrogen) atoms. The smallest absolute Gasteiger partial charge is 0.410 e. The van der Waals surface area contributed by atoms with Gasteiger partial charge in [-0.15, -0.1) is 0 Å². The zero-order valence-corrected chi connectivity index (χ0v) is 28.5. The van der Waals surface area contributed by atoms with Crippen molar-refractivity contribution in [3.63, 3.8) is 0 Å². The highest BCUT2D eigenvalue weighted by atomic mass is 19.1. The fourth-order valence-electron chi connectivity index (χ4n) is 7.52. The van der Waals surface area contributed by atoms with Gasteiger partial charge in [0, 0.05) is 42.8 Å². The highest BCUT2D eigenvalue weighted by Crippen LogP contribution is 2.33. The second-order valence-electron chi connectivity index (χ2n) is 14.6. The standard InChI is InChI=1S/C37H52FN5O4/c1-26(44)29-11-8-12-31(23-29)39-35(45)40-33-17-21-43(36(46)47-37(2,3)4)25-32(33)34(41-18-6-5-7-19-41)42-20-9-10-28(24-42)22-27-13-15-30(38)16-14-27/h8,11-16,23,28,32-34H,5-7,9-10,17-22,24-25H2,1-4H3,(H2,39,40,45)/t28-,32+,33+,34?/m0/s1. The number of ether oxygens (including phenoxy) is 1. The molecule has 0 saturated carbocycles. The van der Waals surface area contributed by atoms with Crippen LogP contribution in [-0.4, -0.2) is 89.7 Å². The molecule has 0 radical (unpaired) electrons. The molecule has 3 saturated heterocycles. The summed E-state index contributed by atoms with van der Waals surface area (Å²) in [6.45, 7) is 11.9. The molecular formula is C37H52FN5O4. The third-order valence-corrected chi connectivity index (χ3v) is 9.66. The van der Waals surface area contributed by atoms with Crippen molar-refractivity contribution < 1.29 is 23.5 Å². The Morgan fingerprint density at radius 2 is 1.64 bits per heavy atom. The van der Waals surface area contributed by atoms with Crippen molar-refractivity contribution in [2.45, 2.75) is 90.4 Å². The molecule has 2 aromatic rings. The molecule has 0 spiro atoms. The fraction of sp³-hybridized carbons (Fsp3) is 0.595. The largest absolute Gasteiger partial charge is 0.444 e. The van der Waals surface area contributed by atoms with E-state index in [9.17, 15) is 18.8 Å². The quantitative estimate of drug-likeness (QED) is 0.316. The molecule has 5 rings (SSSR count). The number of hydrogen-bond donors (Lipinski definition) is 2. The first kappa shape index (κ1) is 34.8. The Morgan fingerprint density at radius 3 is 2.34 bits per heavy atom. The van der Waals surface area contributed by atoms with E-state index in [4.69, 9.17) is 4.74 Å². The van der Waals surface area contributed by atoms with Crippen molar-refractivity contribution in [1.29, 1.82) is 0 Å². The van der Waals surface area contributed by atoms with Crippen molar-refractivity contribution in [3.8, 4) is 0 Å². The molecule has 1 unspecified atom stereocenters.